The topological polar surface area (TPSA) is 63.4 Å². The van der Waals surface area contributed by atoms with E-state index in [1.165, 1.54) is 17.0 Å². The van der Waals surface area contributed by atoms with Crippen molar-refractivity contribution in [3.63, 3.8) is 0 Å². The lowest BCUT2D eigenvalue weighted by molar-refractivity contribution is -0.384. The molecule has 3 aromatic rings. The summed E-state index contributed by atoms with van der Waals surface area (Å²) >= 11 is 7.59. The van der Waals surface area contributed by atoms with Crippen LogP contribution in [0.15, 0.2) is 60.0 Å². The van der Waals surface area contributed by atoms with Crippen LogP contribution in [0.2, 0.25) is 5.02 Å². The summed E-state index contributed by atoms with van der Waals surface area (Å²) < 4.78 is 0. The fraction of sp³-hybridized carbons (Fsp3) is 0.150. The first-order valence-electron chi connectivity index (χ1n) is 8.42. The van der Waals surface area contributed by atoms with Gasteiger partial charge in [-0.2, -0.15) is 0 Å². The van der Waals surface area contributed by atoms with Crippen molar-refractivity contribution < 1.29 is 9.72 Å². The van der Waals surface area contributed by atoms with E-state index < -0.39 is 4.92 Å². The number of halogens is 1. The molecule has 0 saturated carbocycles. The van der Waals surface area contributed by atoms with Crippen LogP contribution in [0.25, 0.3) is 0 Å². The highest BCUT2D eigenvalue weighted by Gasteiger charge is 2.33. The Balaban J connectivity index is 1.77. The number of amides is 1. The van der Waals surface area contributed by atoms with Gasteiger partial charge in [-0.3, -0.25) is 14.9 Å². The van der Waals surface area contributed by atoms with Crippen LogP contribution in [0.3, 0.4) is 0 Å². The summed E-state index contributed by atoms with van der Waals surface area (Å²) in [6.45, 7) is 0.558. The Morgan fingerprint density at radius 1 is 1.19 bits per heavy atom. The summed E-state index contributed by atoms with van der Waals surface area (Å²) in [6, 6.07) is 15.9. The summed E-state index contributed by atoms with van der Waals surface area (Å²) in [5, 5.41) is 13.3. The van der Waals surface area contributed by atoms with E-state index >= 15 is 0 Å². The van der Waals surface area contributed by atoms with E-state index in [0.717, 1.165) is 17.5 Å². The molecule has 0 saturated heterocycles. The first-order chi connectivity index (χ1) is 13.1. The SMILES string of the molecule is O=C(c1ccc(Cl)c([N+](=O)[O-])c1)N1CCc2sccc2C1c1ccccc1. The van der Waals surface area contributed by atoms with Crippen LogP contribution in [-0.4, -0.2) is 22.3 Å². The number of carbonyl (C=O) groups excluding carboxylic acids is 1. The van der Waals surface area contributed by atoms with Gasteiger partial charge in [-0.25, -0.2) is 0 Å². The Kier molecular flexibility index (Phi) is 4.68. The first-order valence-corrected chi connectivity index (χ1v) is 9.68. The number of carbonyl (C=O) groups is 1. The van der Waals surface area contributed by atoms with Crippen LogP contribution in [0, 0.1) is 10.1 Å². The zero-order chi connectivity index (χ0) is 19.0. The molecule has 1 atom stereocenters. The summed E-state index contributed by atoms with van der Waals surface area (Å²) in [5.41, 5.74) is 2.15. The van der Waals surface area contributed by atoms with Crippen LogP contribution in [0.4, 0.5) is 5.69 Å². The largest absolute Gasteiger partial charge is 0.327 e. The van der Waals surface area contributed by atoms with Crippen LogP contribution < -0.4 is 0 Å². The third-order valence-electron chi connectivity index (χ3n) is 4.73. The highest BCUT2D eigenvalue weighted by Crippen LogP contribution is 2.38. The van der Waals surface area contributed by atoms with Crippen LogP contribution >= 0.6 is 22.9 Å². The summed E-state index contributed by atoms with van der Waals surface area (Å²) in [6.07, 6.45) is 0.776. The fourth-order valence-corrected chi connectivity index (χ4v) is 4.57. The monoisotopic (exact) mass is 398 g/mol. The molecule has 0 fully saturated rings. The molecule has 2 heterocycles. The molecule has 0 spiro atoms. The highest BCUT2D eigenvalue weighted by atomic mass is 35.5. The molecule has 0 radical (unpaired) electrons. The number of rotatable bonds is 3. The summed E-state index contributed by atoms with van der Waals surface area (Å²) in [5.74, 6) is -0.236. The number of thiophene rings is 1. The lowest BCUT2D eigenvalue weighted by Crippen LogP contribution is -2.40. The summed E-state index contributed by atoms with van der Waals surface area (Å²) in [4.78, 5) is 26.9. The van der Waals surface area contributed by atoms with Gasteiger partial charge in [0.25, 0.3) is 11.6 Å². The van der Waals surface area contributed by atoms with Crippen LogP contribution in [0.5, 0.6) is 0 Å². The Hall–Kier alpha value is -2.70. The molecule has 0 N–H and O–H groups in total. The van der Waals surface area contributed by atoms with Crippen LogP contribution in [-0.2, 0) is 6.42 Å². The maximum absolute atomic E-state index is 13.3. The number of fused-ring (bicyclic) bond motifs is 1. The maximum Gasteiger partial charge on any atom is 0.288 e. The number of hydrogen-bond acceptors (Lipinski definition) is 4. The Bertz CT molecular complexity index is 1020. The van der Waals surface area contributed by atoms with Gasteiger partial charge in [0.05, 0.1) is 11.0 Å². The van der Waals surface area contributed by atoms with E-state index in [-0.39, 0.29) is 28.2 Å². The predicted octanol–water partition coefficient (Wildman–Crippen LogP) is 5.10. The molecule has 2 aromatic carbocycles. The molecule has 1 aromatic heterocycles. The van der Waals surface area contributed by atoms with Crippen molar-refractivity contribution in [2.75, 3.05) is 6.54 Å². The molecular weight excluding hydrogens is 384 g/mol. The van der Waals surface area contributed by atoms with E-state index in [0.29, 0.717) is 6.54 Å². The van der Waals surface area contributed by atoms with E-state index in [9.17, 15) is 14.9 Å². The molecule has 7 heteroatoms. The minimum Gasteiger partial charge on any atom is -0.327 e. The third kappa shape index (κ3) is 3.22. The second kappa shape index (κ2) is 7.13. The first kappa shape index (κ1) is 17.7. The minimum absolute atomic E-state index is 0.0231. The Labute approximate surface area is 165 Å². The van der Waals surface area contributed by atoms with Crippen molar-refractivity contribution >= 4 is 34.5 Å². The third-order valence-corrected chi connectivity index (χ3v) is 6.05. The second-order valence-electron chi connectivity index (χ2n) is 6.28. The van der Waals surface area contributed by atoms with Gasteiger partial charge >= 0.3 is 0 Å². The molecule has 1 aliphatic heterocycles. The van der Waals surface area contributed by atoms with E-state index in [1.54, 1.807) is 22.3 Å². The minimum atomic E-state index is -0.568. The Morgan fingerprint density at radius 3 is 2.70 bits per heavy atom. The molecule has 0 aliphatic carbocycles. The quantitative estimate of drug-likeness (QED) is 0.455. The normalized spacial score (nSPS) is 16.0. The van der Waals surface area contributed by atoms with Crippen molar-refractivity contribution in [2.24, 2.45) is 0 Å². The number of hydrogen-bond donors (Lipinski definition) is 0. The molecule has 0 bridgehead atoms. The fourth-order valence-electron chi connectivity index (χ4n) is 3.48. The van der Waals surface area contributed by atoms with Gasteiger partial charge in [-0.15, -0.1) is 11.3 Å². The number of nitro benzene ring substituents is 1. The number of nitrogens with zero attached hydrogens (tertiary/aromatic N) is 2. The van der Waals surface area contributed by atoms with Crippen molar-refractivity contribution in [3.8, 4) is 0 Å². The molecule has 1 amide bonds. The maximum atomic E-state index is 13.3. The molecule has 4 rings (SSSR count). The van der Waals surface area contributed by atoms with Crippen molar-refractivity contribution in [3.05, 3.63) is 96.7 Å². The number of benzene rings is 2. The van der Waals surface area contributed by atoms with Gasteiger partial charge in [-0.1, -0.05) is 41.9 Å². The lowest BCUT2D eigenvalue weighted by Gasteiger charge is -2.36. The standard InChI is InChI=1S/C20H15ClN2O3S/c21-16-7-6-14(12-17(16)23(25)26)20(24)22-10-8-18-15(9-11-27-18)19(22)13-4-2-1-3-5-13/h1-7,9,11-12,19H,8,10H2. The van der Waals surface area contributed by atoms with Gasteiger partial charge < -0.3 is 4.90 Å². The smallest absolute Gasteiger partial charge is 0.288 e. The van der Waals surface area contributed by atoms with Gasteiger partial charge in [0, 0.05) is 23.1 Å². The average molecular weight is 399 g/mol. The molecule has 1 unspecified atom stereocenters. The molecular formula is C20H15ClN2O3S. The van der Waals surface area contributed by atoms with E-state index in [1.807, 2.05) is 35.7 Å². The highest BCUT2D eigenvalue weighted by molar-refractivity contribution is 7.10. The van der Waals surface area contributed by atoms with Gasteiger partial charge in [-0.05, 0) is 41.1 Å². The zero-order valence-corrected chi connectivity index (χ0v) is 15.7. The average Bonchev–Trinajstić information content (AvgIpc) is 3.16. The van der Waals surface area contributed by atoms with Gasteiger partial charge in [0.1, 0.15) is 5.02 Å². The molecule has 27 heavy (non-hydrogen) atoms. The van der Waals surface area contributed by atoms with Gasteiger partial charge in [0.2, 0.25) is 0 Å². The molecule has 136 valence electrons. The van der Waals surface area contributed by atoms with Crippen molar-refractivity contribution in [1.82, 2.24) is 4.90 Å². The van der Waals surface area contributed by atoms with Crippen LogP contribution in [0.1, 0.15) is 32.4 Å². The second-order valence-corrected chi connectivity index (χ2v) is 7.69. The van der Waals surface area contributed by atoms with E-state index in [4.69, 9.17) is 11.6 Å². The summed E-state index contributed by atoms with van der Waals surface area (Å²) in [7, 11) is 0. The molecule has 1 aliphatic rings. The number of nitro groups is 1. The molecule has 5 nitrogen and oxygen atoms in total. The van der Waals surface area contributed by atoms with Crippen molar-refractivity contribution in [1.29, 1.82) is 0 Å². The zero-order valence-electron chi connectivity index (χ0n) is 14.2. The Morgan fingerprint density at radius 2 is 1.96 bits per heavy atom. The van der Waals surface area contributed by atoms with Crippen molar-refractivity contribution in [2.45, 2.75) is 12.5 Å². The van der Waals surface area contributed by atoms with Gasteiger partial charge in [0.15, 0.2) is 0 Å². The lowest BCUT2D eigenvalue weighted by atomic mass is 9.92. The van der Waals surface area contributed by atoms with E-state index in [2.05, 4.69) is 6.07 Å². The predicted molar refractivity (Wildman–Crippen MR) is 105 cm³/mol.